The van der Waals surface area contributed by atoms with Gasteiger partial charge in [0.15, 0.2) is 5.17 Å². The number of aliphatic carboxylic acids is 2. The molecule has 0 amide bonds. The number of amidine groups is 1. The summed E-state index contributed by atoms with van der Waals surface area (Å²) in [5.74, 6) is -2.51. The number of hydrogen-bond donors (Lipinski definition) is 3. The number of thioether (sulfide) groups is 1. The molecule has 0 fully saturated rings. The van der Waals surface area contributed by atoms with Gasteiger partial charge in [0.05, 0.1) is 6.04 Å². The molecule has 1 heterocycles. The van der Waals surface area contributed by atoms with E-state index in [1.165, 1.54) is 0 Å². The number of nitrogens with two attached hydrogens (primary N) is 1. The molecule has 1 rings (SSSR count). The van der Waals surface area contributed by atoms with Crippen LogP contribution in [0.4, 0.5) is 0 Å². The molecule has 2 atom stereocenters. The monoisotopic (exact) mass is 260 g/mol. The highest BCUT2D eigenvalue weighted by molar-refractivity contribution is 8.14. The van der Waals surface area contributed by atoms with E-state index in [-0.39, 0.29) is 0 Å². The van der Waals surface area contributed by atoms with Gasteiger partial charge in [0.1, 0.15) is 0 Å². The molecule has 0 unspecified atom stereocenters. The van der Waals surface area contributed by atoms with Crippen molar-refractivity contribution in [2.24, 2.45) is 10.7 Å². The fraction of sp³-hybridized carbons (Fsp3) is 0.500. The van der Waals surface area contributed by atoms with Crippen molar-refractivity contribution in [3.05, 3.63) is 12.2 Å². The summed E-state index contributed by atoms with van der Waals surface area (Å²) in [6.45, 7) is 4.28. The highest BCUT2D eigenvalue weighted by Crippen LogP contribution is 2.26. The Morgan fingerprint density at radius 3 is 2.06 bits per heavy atom. The number of carbonyl (C=O) groups is 2. The summed E-state index contributed by atoms with van der Waals surface area (Å²) in [6, 6.07) is 0.431. The summed E-state index contributed by atoms with van der Waals surface area (Å²) >= 11 is 1.70. The molecular formula is C10H16N2O4S. The molecule has 1 aliphatic rings. The fourth-order valence-electron chi connectivity index (χ4n) is 1.13. The van der Waals surface area contributed by atoms with Gasteiger partial charge >= 0.3 is 11.9 Å². The molecule has 0 aromatic rings. The quantitative estimate of drug-likeness (QED) is 0.650. The number of nitrogens with zero attached hydrogens (tertiary/aromatic N) is 1. The Balaban J connectivity index is 0.000000304. The number of carboxylic acid groups (broad SMARTS) is 2. The van der Waals surface area contributed by atoms with Crippen LogP contribution in [0.25, 0.3) is 0 Å². The van der Waals surface area contributed by atoms with Gasteiger partial charge in [-0.3, -0.25) is 4.99 Å². The lowest BCUT2D eigenvalue weighted by Crippen LogP contribution is -2.11. The second-order valence-electron chi connectivity index (χ2n) is 3.28. The van der Waals surface area contributed by atoms with Crippen molar-refractivity contribution in [3.63, 3.8) is 0 Å². The molecule has 17 heavy (non-hydrogen) atoms. The van der Waals surface area contributed by atoms with Crippen LogP contribution in [0.2, 0.25) is 0 Å². The molecule has 0 spiro atoms. The average Bonchev–Trinajstić information content (AvgIpc) is 2.55. The van der Waals surface area contributed by atoms with Crippen LogP contribution in [-0.4, -0.2) is 38.6 Å². The number of rotatable bonds is 3. The standard InChI is InChI=1S/C6H12N2S.C4H4O4/c1-3-5-4(2)8-6(7)9-5;5-3(6)1-2-4(7)8/h4-5H,3H2,1-2H3,(H2,7,8);1-2H,(H,5,6)(H,7,8)/b;2-1+/t4-,5-;/m1./s1. The van der Waals surface area contributed by atoms with E-state index in [1.807, 2.05) is 0 Å². The van der Waals surface area contributed by atoms with Gasteiger partial charge in [0.25, 0.3) is 0 Å². The zero-order valence-corrected chi connectivity index (χ0v) is 10.5. The van der Waals surface area contributed by atoms with Gasteiger partial charge in [0.2, 0.25) is 0 Å². The molecule has 0 aliphatic carbocycles. The Morgan fingerprint density at radius 1 is 1.41 bits per heavy atom. The van der Waals surface area contributed by atoms with Crippen molar-refractivity contribution in [1.29, 1.82) is 0 Å². The Bertz CT molecular complexity index is 325. The second-order valence-corrected chi connectivity index (χ2v) is 4.54. The molecule has 96 valence electrons. The second kappa shape index (κ2) is 7.72. The van der Waals surface area contributed by atoms with Gasteiger partial charge in [0, 0.05) is 17.4 Å². The summed E-state index contributed by atoms with van der Waals surface area (Å²) < 4.78 is 0. The Morgan fingerprint density at radius 2 is 1.88 bits per heavy atom. The fourth-order valence-corrected chi connectivity index (χ4v) is 2.10. The van der Waals surface area contributed by atoms with E-state index in [4.69, 9.17) is 15.9 Å². The first-order chi connectivity index (χ1) is 7.86. The lowest BCUT2D eigenvalue weighted by molar-refractivity contribution is -0.134. The van der Waals surface area contributed by atoms with Crippen LogP contribution in [0.5, 0.6) is 0 Å². The van der Waals surface area contributed by atoms with Crippen molar-refractivity contribution < 1.29 is 19.8 Å². The summed E-state index contributed by atoms with van der Waals surface area (Å²) in [5, 5.41) is 17.0. The minimum Gasteiger partial charge on any atom is -0.478 e. The van der Waals surface area contributed by atoms with Crippen LogP contribution >= 0.6 is 11.8 Å². The van der Waals surface area contributed by atoms with Crippen LogP contribution in [0.1, 0.15) is 20.3 Å². The van der Waals surface area contributed by atoms with Gasteiger partial charge < -0.3 is 15.9 Å². The zero-order chi connectivity index (χ0) is 13.4. The van der Waals surface area contributed by atoms with Gasteiger partial charge in [-0.2, -0.15) is 0 Å². The van der Waals surface area contributed by atoms with E-state index >= 15 is 0 Å². The van der Waals surface area contributed by atoms with Crippen molar-refractivity contribution in [2.45, 2.75) is 31.6 Å². The summed E-state index contributed by atoms with van der Waals surface area (Å²) in [7, 11) is 0. The maximum Gasteiger partial charge on any atom is 0.328 e. The largest absolute Gasteiger partial charge is 0.478 e. The third-order valence-corrected chi connectivity index (χ3v) is 3.29. The number of hydrogen-bond acceptors (Lipinski definition) is 5. The molecule has 6 nitrogen and oxygen atoms in total. The molecule has 0 bridgehead atoms. The molecule has 4 N–H and O–H groups in total. The molecule has 0 aromatic carbocycles. The highest BCUT2D eigenvalue weighted by Gasteiger charge is 2.22. The minimum absolute atomic E-state index is 0.431. The summed E-state index contributed by atoms with van der Waals surface area (Å²) in [5.41, 5.74) is 5.50. The van der Waals surface area contributed by atoms with Gasteiger partial charge in [-0.05, 0) is 13.3 Å². The number of aliphatic imine (C=N–C) groups is 1. The highest BCUT2D eigenvalue weighted by atomic mass is 32.2. The first-order valence-electron chi connectivity index (χ1n) is 5.00. The van der Waals surface area contributed by atoms with E-state index in [9.17, 15) is 9.59 Å². The van der Waals surface area contributed by atoms with E-state index in [0.717, 1.165) is 11.6 Å². The molecule has 7 heteroatoms. The predicted molar refractivity (Wildman–Crippen MR) is 67.2 cm³/mol. The van der Waals surface area contributed by atoms with E-state index in [2.05, 4.69) is 18.8 Å². The van der Waals surface area contributed by atoms with Crippen LogP contribution in [0.15, 0.2) is 17.1 Å². The third-order valence-electron chi connectivity index (χ3n) is 1.91. The van der Waals surface area contributed by atoms with Gasteiger partial charge in [-0.1, -0.05) is 18.7 Å². The third kappa shape index (κ3) is 7.40. The Labute approximate surface area is 104 Å². The summed E-state index contributed by atoms with van der Waals surface area (Å²) in [6.07, 6.45) is 2.28. The Hall–Kier alpha value is -1.50. The normalized spacial score (nSPS) is 22.8. The van der Waals surface area contributed by atoms with Crippen LogP contribution in [-0.2, 0) is 9.59 Å². The zero-order valence-electron chi connectivity index (χ0n) is 9.66. The smallest absolute Gasteiger partial charge is 0.328 e. The molecule has 0 radical (unpaired) electrons. The van der Waals surface area contributed by atoms with Crippen LogP contribution in [0, 0.1) is 0 Å². The average molecular weight is 260 g/mol. The first kappa shape index (κ1) is 15.5. The van der Waals surface area contributed by atoms with Crippen LogP contribution in [0.3, 0.4) is 0 Å². The maximum atomic E-state index is 9.55. The first-order valence-corrected chi connectivity index (χ1v) is 5.88. The minimum atomic E-state index is -1.26. The molecule has 0 saturated carbocycles. The van der Waals surface area contributed by atoms with E-state index in [0.29, 0.717) is 23.4 Å². The summed E-state index contributed by atoms with van der Waals surface area (Å²) in [4.78, 5) is 23.3. The van der Waals surface area contributed by atoms with Crippen LogP contribution < -0.4 is 5.73 Å². The van der Waals surface area contributed by atoms with Crippen molar-refractivity contribution in [2.75, 3.05) is 0 Å². The molecular weight excluding hydrogens is 244 g/mol. The lowest BCUT2D eigenvalue weighted by atomic mass is 10.2. The van der Waals surface area contributed by atoms with Crippen molar-refractivity contribution in [1.82, 2.24) is 0 Å². The van der Waals surface area contributed by atoms with Crippen molar-refractivity contribution in [3.8, 4) is 0 Å². The molecule has 1 aliphatic heterocycles. The predicted octanol–water partition coefficient (Wildman–Crippen LogP) is 0.927. The Kier molecular flexibility index (Phi) is 7.04. The van der Waals surface area contributed by atoms with E-state index < -0.39 is 11.9 Å². The molecule has 0 saturated heterocycles. The SMILES string of the molecule is CC[C@H]1SC(N)=N[C@@H]1C.O=C(O)/C=C/C(=O)O. The van der Waals surface area contributed by atoms with Gasteiger partial charge in [-0.15, -0.1) is 0 Å². The maximum absolute atomic E-state index is 9.55. The topological polar surface area (TPSA) is 113 Å². The van der Waals surface area contributed by atoms with Crippen molar-refractivity contribution >= 4 is 28.9 Å². The van der Waals surface area contributed by atoms with E-state index in [1.54, 1.807) is 11.8 Å². The molecule has 0 aromatic heterocycles. The van der Waals surface area contributed by atoms with Gasteiger partial charge in [-0.25, -0.2) is 9.59 Å². The number of carboxylic acids is 2. The lowest BCUT2D eigenvalue weighted by Gasteiger charge is -2.07.